The molecular weight excluding hydrogens is 316 g/mol. The third-order valence-corrected chi connectivity index (χ3v) is 3.28. The monoisotopic (exact) mass is 348 g/mol. The summed E-state index contributed by atoms with van der Waals surface area (Å²) in [5, 5.41) is 9.12. The highest BCUT2D eigenvalue weighted by atomic mass is 16.5. The number of ether oxygens (including phenoxy) is 1. The number of nitrogens with zero attached hydrogens (tertiary/aromatic N) is 1. The van der Waals surface area contributed by atoms with E-state index in [1.165, 1.54) is 0 Å². The number of carbonyl (C=O) groups is 1. The van der Waals surface area contributed by atoms with E-state index >= 15 is 0 Å². The standard InChI is InChI=1S/C19H32N4O2/c1-6-7-11-25-16-10-8-9-15(12-16)13-21-18(20-5)22-14-17(24)23-19(2,3)4/h8-10,12H,6-7,11,13-14H2,1-5H3,(H,23,24)(H2,20,21,22). The summed E-state index contributed by atoms with van der Waals surface area (Å²) < 4.78 is 5.72. The lowest BCUT2D eigenvalue weighted by Crippen LogP contribution is -2.48. The molecule has 0 bridgehead atoms. The number of guanidine groups is 1. The van der Waals surface area contributed by atoms with Crippen LogP contribution >= 0.6 is 0 Å². The lowest BCUT2D eigenvalue weighted by Gasteiger charge is -2.21. The molecule has 0 aromatic heterocycles. The van der Waals surface area contributed by atoms with Crippen molar-refractivity contribution in [2.24, 2.45) is 4.99 Å². The predicted molar refractivity (Wildman–Crippen MR) is 103 cm³/mol. The number of amides is 1. The molecule has 0 saturated carbocycles. The zero-order valence-corrected chi connectivity index (χ0v) is 16.1. The number of unbranched alkanes of at least 4 members (excludes halogenated alkanes) is 1. The summed E-state index contributed by atoms with van der Waals surface area (Å²) in [5.41, 5.74) is 0.851. The fourth-order valence-electron chi connectivity index (χ4n) is 2.11. The van der Waals surface area contributed by atoms with Crippen molar-refractivity contribution >= 4 is 11.9 Å². The highest BCUT2D eigenvalue weighted by Gasteiger charge is 2.13. The Balaban J connectivity index is 2.44. The molecule has 0 aliphatic heterocycles. The van der Waals surface area contributed by atoms with Crippen LogP contribution in [0.3, 0.4) is 0 Å². The maximum Gasteiger partial charge on any atom is 0.239 e. The number of carbonyl (C=O) groups excluding carboxylic acids is 1. The predicted octanol–water partition coefficient (Wildman–Crippen LogP) is 2.45. The van der Waals surface area contributed by atoms with Crippen LogP contribution in [-0.2, 0) is 11.3 Å². The van der Waals surface area contributed by atoms with Gasteiger partial charge in [0.15, 0.2) is 5.96 Å². The zero-order valence-electron chi connectivity index (χ0n) is 16.1. The van der Waals surface area contributed by atoms with E-state index in [1.54, 1.807) is 7.05 Å². The van der Waals surface area contributed by atoms with Crippen LogP contribution in [0, 0.1) is 0 Å². The van der Waals surface area contributed by atoms with E-state index < -0.39 is 0 Å². The number of rotatable bonds is 8. The molecule has 1 amide bonds. The van der Waals surface area contributed by atoms with Crippen molar-refractivity contribution < 1.29 is 9.53 Å². The third-order valence-electron chi connectivity index (χ3n) is 3.28. The molecule has 0 atom stereocenters. The highest BCUT2D eigenvalue weighted by molar-refractivity contribution is 5.86. The first-order valence-corrected chi connectivity index (χ1v) is 8.81. The molecular formula is C19H32N4O2. The van der Waals surface area contributed by atoms with Gasteiger partial charge in [-0.1, -0.05) is 25.5 Å². The van der Waals surface area contributed by atoms with E-state index in [1.807, 2.05) is 45.0 Å². The van der Waals surface area contributed by atoms with Gasteiger partial charge in [-0.3, -0.25) is 9.79 Å². The van der Waals surface area contributed by atoms with Gasteiger partial charge in [0, 0.05) is 19.1 Å². The van der Waals surface area contributed by atoms with Crippen molar-refractivity contribution in [3.05, 3.63) is 29.8 Å². The lowest BCUT2D eigenvalue weighted by molar-refractivity contribution is -0.121. The molecule has 0 fully saturated rings. The van der Waals surface area contributed by atoms with Crippen LogP contribution in [0.1, 0.15) is 46.1 Å². The minimum absolute atomic E-state index is 0.0678. The molecule has 0 spiro atoms. The van der Waals surface area contributed by atoms with Gasteiger partial charge < -0.3 is 20.7 Å². The second-order valence-corrected chi connectivity index (χ2v) is 6.93. The summed E-state index contributed by atoms with van der Waals surface area (Å²) in [6.07, 6.45) is 2.17. The van der Waals surface area contributed by atoms with Crippen molar-refractivity contribution in [1.82, 2.24) is 16.0 Å². The molecule has 0 aliphatic carbocycles. The molecule has 0 aliphatic rings. The lowest BCUT2D eigenvalue weighted by atomic mass is 10.1. The zero-order chi connectivity index (χ0) is 18.7. The Bertz CT molecular complexity index is 565. The molecule has 25 heavy (non-hydrogen) atoms. The fraction of sp³-hybridized carbons (Fsp3) is 0.579. The molecule has 1 rings (SSSR count). The SMILES string of the molecule is CCCCOc1cccc(CNC(=NC)NCC(=O)NC(C)(C)C)c1. The normalized spacial score (nSPS) is 11.8. The molecule has 1 aromatic rings. The fourth-order valence-corrected chi connectivity index (χ4v) is 2.11. The maximum atomic E-state index is 11.9. The third kappa shape index (κ3) is 9.59. The summed E-state index contributed by atoms with van der Waals surface area (Å²) in [6, 6.07) is 7.98. The average molecular weight is 348 g/mol. The Morgan fingerprint density at radius 1 is 1.24 bits per heavy atom. The Labute approximate surface area is 151 Å². The van der Waals surface area contributed by atoms with Crippen LogP contribution in [-0.4, -0.2) is 37.6 Å². The molecule has 3 N–H and O–H groups in total. The smallest absolute Gasteiger partial charge is 0.239 e. The molecule has 1 aromatic carbocycles. The topological polar surface area (TPSA) is 74.8 Å². The molecule has 0 saturated heterocycles. The van der Waals surface area contributed by atoms with Gasteiger partial charge in [-0.25, -0.2) is 0 Å². The summed E-state index contributed by atoms with van der Waals surface area (Å²) in [7, 11) is 1.68. The summed E-state index contributed by atoms with van der Waals surface area (Å²) >= 11 is 0. The van der Waals surface area contributed by atoms with Crippen molar-refractivity contribution in [3.63, 3.8) is 0 Å². The van der Waals surface area contributed by atoms with Crippen molar-refractivity contribution in [1.29, 1.82) is 0 Å². The van der Waals surface area contributed by atoms with E-state index in [9.17, 15) is 4.79 Å². The van der Waals surface area contributed by atoms with Crippen molar-refractivity contribution in [3.8, 4) is 5.75 Å². The minimum Gasteiger partial charge on any atom is -0.494 e. The minimum atomic E-state index is -0.242. The van der Waals surface area contributed by atoms with Gasteiger partial charge in [-0.15, -0.1) is 0 Å². The second-order valence-electron chi connectivity index (χ2n) is 6.93. The quantitative estimate of drug-likeness (QED) is 0.383. The van der Waals surface area contributed by atoms with E-state index in [0.717, 1.165) is 30.8 Å². The maximum absolute atomic E-state index is 11.9. The second kappa shape index (κ2) is 10.6. The first-order chi connectivity index (χ1) is 11.8. The summed E-state index contributed by atoms with van der Waals surface area (Å²) in [6.45, 7) is 9.51. The van der Waals surface area contributed by atoms with Gasteiger partial charge in [0.25, 0.3) is 0 Å². The van der Waals surface area contributed by atoms with Crippen LogP contribution in [0.25, 0.3) is 0 Å². The van der Waals surface area contributed by atoms with E-state index in [-0.39, 0.29) is 18.0 Å². The summed E-state index contributed by atoms with van der Waals surface area (Å²) in [4.78, 5) is 16.0. The van der Waals surface area contributed by atoms with E-state index in [2.05, 4.69) is 27.9 Å². The number of benzene rings is 1. The van der Waals surface area contributed by atoms with Crippen LogP contribution in [0.15, 0.2) is 29.3 Å². The number of nitrogens with one attached hydrogen (secondary N) is 3. The van der Waals surface area contributed by atoms with Crippen molar-refractivity contribution in [2.45, 2.75) is 52.6 Å². The van der Waals surface area contributed by atoms with Gasteiger partial charge in [0.1, 0.15) is 5.75 Å². The van der Waals surface area contributed by atoms with Gasteiger partial charge in [-0.2, -0.15) is 0 Å². The van der Waals surface area contributed by atoms with Crippen molar-refractivity contribution in [2.75, 3.05) is 20.2 Å². The van der Waals surface area contributed by atoms with Gasteiger partial charge in [0.05, 0.1) is 13.2 Å². The molecule has 6 nitrogen and oxygen atoms in total. The Morgan fingerprint density at radius 2 is 2.00 bits per heavy atom. The van der Waals surface area contributed by atoms with E-state index in [0.29, 0.717) is 12.5 Å². The largest absolute Gasteiger partial charge is 0.494 e. The number of hydrogen-bond acceptors (Lipinski definition) is 3. The average Bonchev–Trinajstić information content (AvgIpc) is 2.54. The Morgan fingerprint density at radius 3 is 2.64 bits per heavy atom. The van der Waals surface area contributed by atoms with Gasteiger partial charge in [0.2, 0.25) is 5.91 Å². The molecule has 0 heterocycles. The van der Waals surface area contributed by atoms with Gasteiger partial charge in [-0.05, 0) is 44.9 Å². The van der Waals surface area contributed by atoms with Crippen LogP contribution in [0.2, 0.25) is 0 Å². The number of hydrogen-bond donors (Lipinski definition) is 3. The first-order valence-electron chi connectivity index (χ1n) is 8.81. The molecule has 6 heteroatoms. The highest BCUT2D eigenvalue weighted by Crippen LogP contribution is 2.13. The summed E-state index contributed by atoms with van der Waals surface area (Å²) in [5.74, 6) is 1.39. The number of aliphatic imine (C=N–C) groups is 1. The van der Waals surface area contributed by atoms with Crippen LogP contribution in [0.4, 0.5) is 0 Å². The first kappa shape index (κ1) is 20.8. The molecule has 0 radical (unpaired) electrons. The molecule has 140 valence electrons. The van der Waals surface area contributed by atoms with Crippen LogP contribution in [0.5, 0.6) is 5.75 Å². The Hall–Kier alpha value is -2.24. The Kier molecular flexibility index (Phi) is 8.81. The van der Waals surface area contributed by atoms with Crippen LogP contribution < -0.4 is 20.7 Å². The van der Waals surface area contributed by atoms with Gasteiger partial charge >= 0.3 is 0 Å². The molecule has 0 unspecified atom stereocenters. The van der Waals surface area contributed by atoms with E-state index in [4.69, 9.17) is 4.74 Å².